The van der Waals surface area contributed by atoms with Gasteiger partial charge in [0.05, 0.1) is 18.1 Å². The molecule has 5 heteroatoms. The molecule has 0 aliphatic rings. The quantitative estimate of drug-likeness (QED) is 0.697. The molecule has 0 spiro atoms. The third-order valence-corrected chi connectivity index (χ3v) is 2.20. The van der Waals surface area contributed by atoms with E-state index in [1.54, 1.807) is 36.6 Å². The Morgan fingerprint density at radius 3 is 2.80 bits per heavy atom. The maximum atomic E-state index is 11.9. The summed E-state index contributed by atoms with van der Waals surface area (Å²) in [6, 6.07) is 0. The van der Waals surface area contributed by atoms with E-state index in [0.717, 1.165) is 6.54 Å². The largest absolute Gasteiger partial charge is 0.337 e. The molecule has 0 aliphatic carbocycles. The second kappa shape index (κ2) is 3.68. The van der Waals surface area contributed by atoms with Crippen molar-refractivity contribution in [2.24, 2.45) is 7.05 Å². The van der Waals surface area contributed by atoms with Crippen molar-refractivity contribution in [1.82, 2.24) is 19.3 Å². The Balaban J connectivity index is 2.28. The predicted octanol–water partition coefficient (Wildman–Crippen LogP) is 0.867. The molecule has 5 nitrogen and oxygen atoms in total. The van der Waals surface area contributed by atoms with E-state index in [0.29, 0.717) is 11.3 Å². The molecule has 0 atom stereocenters. The summed E-state index contributed by atoms with van der Waals surface area (Å²) in [6.45, 7) is 2.81. The number of hydrogen-bond acceptors (Lipinski definition) is 3. The molecule has 78 valence electrons. The summed E-state index contributed by atoms with van der Waals surface area (Å²) in [5.41, 5.74) is 1.03. The SMILES string of the molecule is CCn1cnc(C(=O)c2cnn(C)c2)c1. The molecule has 2 rings (SSSR count). The highest BCUT2D eigenvalue weighted by atomic mass is 16.1. The van der Waals surface area contributed by atoms with Crippen LogP contribution < -0.4 is 0 Å². The van der Waals surface area contributed by atoms with E-state index in [9.17, 15) is 4.79 Å². The van der Waals surface area contributed by atoms with Crippen molar-refractivity contribution in [3.63, 3.8) is 0 Å². The lowest BCUT2D eigenvalue weighted by molar-refractivity contribution is 0.103. The van der Waals surface area contributed by atoms with Crippen LogP contribution in [0.2, 0.25) is 0 Å². The van der Waals surface area contributed by atoms with Crippen LogP contribution in [0.3, 0.4) is 0 Å². The van der Waals surface area contributed by atoms with Crippen LogP contribution in [0.4, 0.5) is 0 Å². The minimum absolute atomic E-state index is 0.0877. The minimum Gasteiger partial charge on any atom is -0.337 e. The lowest BCUT2D eigenvalue weighted by atomic mass is 10.2. The van der Waals surface area contributed by atoms with Crippen molar-refractivity contribution in [2.75, 3.05) is 0 Å². The molecular weight excluding hydrogens is 192 g/mol. The van der Waals surface area contributed by atoms with E-state index >= 15 is 0 Å². The number of carbonyl (C=O) groups excluding carboxylic acids is 1. The summed E-state index contributed by atoms with van der Waals surface area (Å²) in [5.74, 6) is -0.0877. The zero-order valence-corrected chi connectivity index (χ0v) is 8.71. The van der Waals surface area contributed by atoms with Gasteiger partial charge >= 0.3 is 0 Å². The zero-order valence-electron chi connectivity index (χ0n) is 8.71. The molecule has 2 aromatic heterocycles. The number of carbonyl (C=O) groups is 1. The number of rotatable bonds is 3. The maximum Gasteiger partial charge on any atom is 0.216 e. The molecule has 0 radical (unpaired) electrons. The fourth-order valence-corrected chi connectivity index (χ4v) is 1.34. The molecule has 0 aliphatic heterocycles. The standard InChI is InChI=1S/C10H12N4O/c1-3-14-6-9(11-7-14)10(15)8-4-12-13(2)5-8/h4-7H,3H2,1-2H3. The van der Waals surface area contributed by atoms with Gasteiger partial charge in [0, 0.05) is 26.0 Å². The summed E-state index contributed by atoms with van der Waals surface area (Å²) in [5, 5.41) is 3.95. The van der Waals surface area contributed by atoms with E-state index in [1.165, 1.54) is 0 Å². The molecule has 0 N–H and O–H groups in total. The van der Waals surface area contributed by atoms with Gasteiger partial charge in [0.15, 0.2) is 0 Å². The summed E-state index contributed by atoms with van der Waals surface area (Å²) in [7, 11) is 1.78. The van der Waals surface area contributed by atoms with Crippen LogP contribution >= 0.6 is 0 Å². The van der Waals surface area contributed by atoms with Crippen LogP contribution in [0.1, 0.15) is 23.0 Å². The van der Waals surface area contributed by atoms with Crippen LogP contribution in [-0.2, 0) is 13.6 Å². The third kappa shape index (κ3) is 1.81. The average molecular weight is 204 g/mol. The van der Waals surface area contributed by atoms with Gasteiger partial charge in [-0.05, 0) is 6.92 Å². The van der Waals surface area contributed by atoms with Crippen molar-refractivity contribution in [2.45, 2.75) is 13.5 Å². The first kappa shape index (κ1) is 9.64. The van der Waals surface area contributed by atoms with E-state index < -0.39 is 0 Å². The van der Waals surface area contributed by atoms with E-state index in [2.05, 4.69) is 10.1 Å². The Kier molecular flexibility index (Phi) is 2.37. The monoisotopic (exact) mass is 204 g/mol. The Morgan fingerprint density at radius 2 is 2.27 bits per heavy atom. The van der Waals surface area contributed by atoms with Gasteiger partial charge in [0.2, 0.25) is 5.78 Å². The molecule has 0 saturated carbocycles. The fraction of sp³-hybridized carbons (Fsp3) is 0.300. The van der Waals surface area contributed by atoms with Crippen molar-refractivity contribution >= 4 is 5.78 Å². The van der Waals surface area contributed by atoms with Crippen molar-refractivity contribution in [3.05, 3.63) is 36.2 Å². The second-order valence-corrected chi connectivity index (χ2v) is 3.32. The normalized spacial score (nSPS) is 10.5. The second-order valence-electron chi connectivity index (χ2n) is 3.32. The average Bonchev–Trinajstić information content (AvgIpc) is 2.84. The van der Waals surface area contributed by atoms with Gasteiger partial charge in [-0.25, -0.2) is 4.98 Å². The first-order valence-corrected chi connectivity index (χ1v) is 4.76. The number of aromatic nitrogens is 4. The molecular formula is C10H12N4O. The fourth-order valence-electron chi connectivity index (χ4n) is 1.34. The highest BCUT2D eigenvalue weighted by molar-refractivity contribution is 6.07. The molecule has 2 aromatic rings. The van der Waals surface area contributed by atoms with Crippen LogP contribution in [0.15, 0.2) is 24.9 Å². The van der Waals surface area contributed by atoms with Gasteiger partial charge in [-0.3, -0.25) is 9.48 Å². The first-order valence-electron chi connectivity index (χ1n) is 4.76. The van der Waals surface area contributed by atoms with Crippen LogP contribution in [0, 0.1) is 0 Å². The smallest absolute Gasteiger partial charge is 0.216 e. The summed E-state index contributed by atoms with van der Waals surface area (Å²) < 4.78 is 3.47. The van der Waals surface area contributed by atoms with E-state index in [1.807, 2.05) is 11.5 Å². The van der Waals surface area contributed by atoms with Crippen LogP contribution in [0.5, 0.6) is 0 Å². The molecule has 0 saturated heterocycles. The van der Waals surface area contributed by atoms with Gasteiger partial charge < -0.3 is 4.57 Å². The van der Waals surface area contributed by atoms with Gasteiger partial charge in [-0.1, -0.05) is 0 Å². The minimum atomic E-state index is -0.0877. The molecule has 15 heavy (non-hydrogen) atoms. The molecule has 0 unspecified atom stereocenters. The summed E-state index contributed by atoms with van der Waals surface area (Å²) in [4.78, 5) is 15.9. The highest BCUT2D eigenvalue weighted by Gasteiger charge is 2.13. The lowest BCUT2D eigenvalue weighted by Crippen LogP contribution is -2.00. The zero-order chi connectivity index (χ0) is 10.8. The summed E-state index contributed by atoms with van der Waals surface area (Å²) >= 11 is 0. The molecule has 0 aromatic carbocycles. The molecule has 0 amide bonds. The van der Waals surface area contributed by atoms with Gasteiger partial charge in [-0.2, -0.15) is 5.10 Å². The van der Waals surface area contributed by atoms with E-state index in [-0.39, 0.29) is 5.78 Å². The molecule has 0 fully saturated rings. The van der Waals surface area contributed by atoms with Crippen molar-refractivity contribution in [3.8, 4) is 0 Å². The van der Waals surface area contributed by atoms with Crippen LogP contribution in [0.25, 0.3) is 0 Å². The Morgan fingerprint density at radius 1 is 1.47 bits per heavy atom. The number of nitrogens with zero attached hydrogens (tertiary/aromatic N) is 4. The topological polar surface area (TPSA) is 52.7 Å². The Bertz CT molecular complexity index is 483. The molecule has 0 bridgehead atoms. The number of ketones is 1. The third-order valence-electron chi connectivity index (χ3n) is 2.20. The van der Waals surface area contributed by atoms with Crippen LogP contribution in [-0.4, -0.2) is 25.1 Å². The number of imidazole rings is 1. The summed E-state index contributed by atoms with van der Waals surface area (Å²) in [6.07, 6.45) is 6.64. The highest BCUT2D eigenvalue weighted by Crippen LogP contribution is 2.06. The van der Waals surface area contributed by atoms with Crippen molar-refractivity contribution < 1.29 is 4.79 Å². The lowest BCUT2D eigenvalue weighted by Gasteiger charge is -1.92. The first-order chi connectivity index (χ1) is 7.20. The van der Waals surface area contributed by atoms with Gasteiger partial charge in [0.25, 0.3) is 0 Å². The predicted molar refractivity (Wildman–Crippen MR) is 54.5 cm³/mol. The number of hydrogen-bond donors (Lipinski definition) is 0. The Labute approximate surface area is 87.4 Å². The van der Waals surface area contributed by atoms with E-state index in [4.69, 9.17) is 0 Å². The van der Waals surface area contributed by atoms with Gasteiger partial charge in [0.1, 0.15) is 5.69 Å². The van der Waals surface area contributed by atoms with Crippen molar-refractivity contribution in [1.29, 1.82) is 0 Å². The number of aryl methyl sites for hydroxylation is 2. The Hall–Kier alpha value is -1.91. The van der Waals surface area contributed by atoms with Gasteiger partial charge in [-0.15, -0.1) is 0 Å². The molecule has 2 heterocycles. The maximum absolute atomic E-state index is 11.9.